The molecule has 2 N–H and O–H groups in total. The predicted molar refractivity (Wildman–Crippen MR) is 108 cm³/mol. The minimum atomic E-state index is -0.0676. The van der Waals surface area contributed by atoms with Crippen molar-refractivity contribution >= 4 is 28.3 Å². The van der Waals surface area contributed by atoms with Gasteiger partial charge in [-0.2, -0.15) is 0 Å². The summed E-state index contributed by atoms with van der Waals surface area (Å²) in [5.74, 6) is 0.605. The summed E-state index contributed by atoms with van der Waals surface area (Å²) in [5, 5.41) is 7.29. The number of fused-ring (bicyclic) bond motifs is 1. The fourth-order valence-corrected chi connectivity index (χ4v) is 2.84. The van der Waals surface area contributed by atoms with Crippen LogP contribution in [0.25, 0.3) is 10.9 Å². The third-order valence-electron chi connectivity index (χ3n) is 4.61. The van der Waals surface area contributed by atoms with Crippen LogP contribution in [0.1, 0.15) is 41.8 Å². The van der Waals surface area contributed by atoms with E-state index in [9.17, 15) is 4.79 Å². The van der Waals surface area contributed by atoms with Gasteiger partial charge in [0.25, 0.3) is 5.91 Å². The van der Waals surface area contributed by atoms with Crippen molar-refractivity contribution < 1.29 is 4.79 Å². The fourth-order valence-electron chi connectivity index (χ4n) is 2.84. The molecular weight excluding hydrogens is 322 g/mol. The van der Waals surface area contributed by atoms with Gasteiger partial charge in [-0.1, -0.05) is 37.3 Å². The van der Waals surface area contributed by atoms with E-state index in [-0.39, 0.29) is 11.9 Å². The third-order valence-corrected chi connectivity index (χ3v) is 4.61. The number of carbonyl (C=O) groups is 1. The lowest BCUT2D eigenvalue weighted by Gasteiger charge is -2.15. The van der Waals surface area contributed by atoms with E-state index in [1.807, 2.05) is 37.3 Å². The average Bonchev–Trinajstić information content (AvgIpc) is 2.63. The highest BCUT2D eigenvalue weighted by Gasteiger charge is 2.15. The lowest BCUT2D eigenvalue weighted by molar-refractivity contribution is 0.0941. The number of aromatic nitrogens is 1. The number of carbonyl (C=O) groups excluding carboxylic acids is 1. The Morgan fingerprint density at radius 1 is 1.12 bits per heavy atom. The number of para-hydroxylation sites is 1. The van der Waals surface area contributed by atoms with Crippen LogP contribution in [-0.2, 0) is 0 Å². The SMILES string of the molecule is CC[C@H](C)NC(=O)c1cc(Nc2cc(C)ccc2C)nc2ccccc12. The average molecular weight is 347 g/mol. The quantitative estimate of drug-likeness (QED) is 0.673. The summed E-state index contributed by atoms with van der Waals surface area (Å²) in [4.78, 5) is 17.5. The Morgan fingerprint density at radius 3 is 2.65 bits per heavy atom. The summed E-state index contributed by atoms with van der Waals surface area (Å²) in [6, 6.07) is 16.0. The molecule has 1 atom stereocenters. The Bertz CT molecular complexity index is 949. The molecule has 0 spiro atoms. The topological polar surface area (TPSA) is 54.0 Å². The molecular formula is C22H25N3O. The van der Waals surface area contributed by atoms with Gasteiger partial charge in [0.15, 0.2) is 0 Å². The summed E-state index contributed by atoms with van der Waals surface area (Å²) < 4.78 is 0. The Morgan fingerprint density at radius 2 is 1.88 bits per heavy atom. The Labute approximate surface area is 154 Å². The molecule has 1 aromatic heterocycles. The Hall–Kier alpha value is -2.88. The van der Waals surface area contributed by atoms with Gasteiger partial charge in [0.1, 0.15) is 5.82 Å². The molecule has 0 aliphatic heterocycles. The van der Waals surface area contributed by atoms with Crippen molar-refractivity contribution in [1.29, 1.82) is 0 Å². The van der Waals surface area contributed by atoms with Gasteiger partial charge >= 0.3 is 0 Å². The van der Waals surface area contributed by atoms with E-state index in [1.54, 1.807) is 0 Å². The minimum absolute atomic E-state index is 0.0676. The highest BCUT2D eigenvalue weighted by molar-refractivity contribution is 6.07. The van der Waals surface area contributed by atoms with E-state index in [4.69, 9.17) is 4.98 Å². The molecule has 134 valence electrons. The van der Waals surface area contributed by atoms with Gasteiger partial charge in [-0.05, 0) is 56.5 Å². The first kappa shape index (κ1) is 17.9. The minimum Gasteiger partial charge on any atom is -0.350 e. The molecule has 0 radical (unpaired) electrons. The van der Waals surface area contributed by atoms with Crippen molar-refractivity contribution in [2.75, 3.05) is 5.32 Å². The number of amides is 1. The normalized spacial score (nSPS) is 12.0. The van der Waals surface area contributed by atoms with Crippen molar-refractivity contribution in [2.24, 2.45) is 0 Å². The molecule has 0 saturated heterocycles. The third kappa shape index (κ3) is 3.85. The van der Waals surface area contributed by atoms with Crippen LogP contribution in [0.4, 0.5) is 11.5 Å². The zero-order valence-corrected chi connectivity index (χ0v) is 15.8. The maximum atomic E-state index is 12.8. The van der Waals surface area contributed by atoms with E-state index in [0.717, 1.165) is 28.6 Å². The molecule has 0 bridgehead atoms. The molecule has 0 fully saturated rings. The second kappa shape index (κ2) is 7.56. The number of hydrogen-bond donors (Lipinski definition) is 2. The summed E-state index contributed by atoms with van der Waals surface area (Å²) in [6.07, 6.45) is 0.891. The highest BCUT2D eigenvalue weighted by atomic mass is 16.1. The molecule has 0 unspecified atom stereocenters. The molecule has 0 aliphatic rings. The molecule has 4 heteroatoms. The maximum Gasteiger partial charge on any atom is 0.252 e. The highest BCUT2D eigenvalue weighted by Crippen LogP contribution is 2.25. The monoisotopic (exact) mass is 347 g/mol. The smallest absolute Gasteiger partial charge is 0.252 e. The standard InChI is InChI=1S/C22H25N3O/c1-5-16(4)23-22(26)18-13-21(24-19-9-7-6-8-17(18)19)25-20-12-14(2)10-11-15(20)3/h6-13,16H,5H2,1-4H3,(H,23,26)(H,24,25)/t16-/m0/s1. The van der Waals surface area contributed by atoms with Crippen LogP contribution in [0.3, 0.4) is 0 Å². The summed E-state index contributed by atoms with van der Waals surface area (Å²) >= 11 is 0. The number of aryl methyl sites for hydroxylation is 2. The largest absolute Gasteiger partial charge is 0.350 e. The number of anilines is 2. The van der Waals surface area contributed by atoms with Crippen molar-refractivity contribution in [2.45, 2.75) is 40.2 Å². The number of benzene rings is 2. The van der Waals surface area contributed by atoms with Crippen LogP contribution in [0.15, 0.2) is 48.5 Å². The number of rotatable bonds is 5. The molecule has 2 aromatic carbocycles. The fraction of sp³-hybridized carbons (Fsp3) is 0.273. The first-order chi connectivity index (χ1) is 12.5. The molecule has 1 heterocycles. The number of hydrogen-bond acceptors (Lipinski definition) is 3. The zero-order chi connectivity index (χ0) is 18.7. The molecule has 0 saturated carbocycles. The second-order valence-electron chi connectivity index (χ2n) is 6.80. The molecule has 4 nitrogen and oxygen atoms in total. The zero-order valence-electron chi connectivity index (χ0n) is 15.8. The summed E-state index contributed by atoms with van der Waals surface area (Å²) in [5.41, 5.74) is 4.76. The summed E-state index contributed by atoms with van der Waals surface area (Å²) in [6.45, 7) is 8.18. The van der Waals surface area contributed by atoms with Crippen LogP contribution < -0.4 is 10.6 Å². The van der Waals surface area contributed by atoms with E-state index < -0.39 is 0 Å². The van der Waals surface area contributed by atoms with Gasteiger partial charge in [0.05, 0.1) is 11.1 Å². The molecule has 26 heavy (non-hydrogen) atoms. The van der Waals surface area contributed by atoms with Crippen LogP contribution in [0, 0.1) is 13.8 Å². The van der Waals surface area contributed by atoms with Crippen molar-refractivity contribution in [3.63, 3.8) is 0 Å². The van der Waals surface area contributed by atoms with E-state index in [0.29, 0.717) is 11.4 Å². The number of nitrogens with one attached hydrogen (secondary N) is 2. The van der Waals surface area contributed by atoms with Crippen LogP contribution in [0.5, 0.6) is 0 Å². The van der Waals surface area contributed by atoms with E-state index >= 15 is 0 Å². The van der Waals surface area contributed by atoms with E-state index in [2.05, 4.69) is 49.6 Å². The number of pyridine rings is 1. The molecule has 1 amide bonds. The summed E-state index contributed by atoms with van der Waals surface area (Å²) in [7, 11) is 0. The Kier molecular flexibility index (Phi) is 5.21. The van der Waals surface area contributed by atoms with Crippen LogP contribution in [0.2, 0.25) is 0 Å². The molecule has 3 aromatic rings. The predicted octanol–water partition coefficient (Wildman–Crippen LogP) is 5.12. The molecule has 0 aliphatic carbocycles. The maximum absolute atomic E-state index is 12.8. The van der Waals surface area contributed by atoms with Crippen molar-refractivity contribution in [3.8, 4) is 0 Å². The van der Waals surface area contributed by atoms with E-state index in [1.165, 1.54) is 5.56 Å². The van der Waals surface area contributed by atoms with Gasteiger partial charge in [0.2, 0.25) is 0 Å². The first-order valence-corrected chi connectivity index (χ1v) is 9.03. The van der Waals surface area contributed by atoms with Gasteiger partial charge in [-0.15, -0.1) is 0 Å². The Balaban J connectivity index is 2.04. The van der Waals surface area contributed by atoms with Gasteiger partial charge in [0, 0.05) is 17.1 Å². The second-order valence-corrected chi connectivity index (χ2v) is 6.80. The van der Waals surface area contributed by atoms with Crippen LogP contribution in [-0.4, -0.2) is 16.9 Å². The van der Waals surface area contributed by atoms with Gasteiger partial charge in [-0.3, -0.25) is 4.79 Å². The lowest BCUT2D eigenvalue weighted by Crippen LogP contribution is -2.32. The number of nitrogens with zero attached hydrogens (tertiary/aromatic N) is 1. The molecule has 3 rings (SSSR count). The van der Waals surface area contributed by atoms with Gasteiger partial charge in [-0.25, -0.2) is 4.98 Å². The van der Waals surface area contributed by atoms with Crippen molar-refractivity contribution in [1.82, 2.24) is 10.3 Å². The van der Waals surface area contributed by atoms with Crippen molar-refractivity contribution in [3.05, 3.63) is 65.2 Å². The first-order valence-electron chi connectivity index (χ1n) is 9.03. The lowest BCUT2D eigenvalue weighted by atomic mass is 10.1. The van der Waals surface area contributed by atoms with Crippen LogP contribution >= 0.6 is 0 Å². The van der Waals surface area contributed by atoms with Gasteiger partial charge < -0.3 is 10.6 Å².